The van der Waals surface area contributed by atoms with Gasteiger partial charge in [-0.3, -0.25) is 9.59 Å². The number of benzene rings is 1. The molecule has 0 fully saturated rings. The molecule has 3 aliphatic rings. The molecule has 110 valence electrons. The Morgan fingerprint density at radius 1 is 1.14 bits per heavy atom. The van der Waals surface area contributed by atoms with Crippen LogP contribution in [0.1, 0.15) is 35.1 Å². The van der Waals surface area contributed by atoms with Crippen molar-refractivity contribution in [3.8, 4) is 0 Å². The second-order valence-electron chi connectivity index (χ2n) is 6.43. The molecule has 0 aromatic heterocycles. The van der Waals surface area contributed by atoms with Crippen molar-refractivity contribution < 1.29 is 14.7 Å². The van der Waals surface area contributed by atoms with Crippen LogP contribution in [0.15, 0.2) is 6.07 Å². The number of aliphatic carboxylic acids is 1. The average molecular weight is 285 g/mol. The van der Waals surface area contributed by atoms with Crippen LogP contribution in [-0.2, 0) is 35.3 Å². The molecule has 4 rings (SSSR count). The molecule has 1 aromatic rings. The van der Waals surface area contributed by atoms with Crippen molar-refractivity contribution in [2.45, 2.75) is 38.5 Å². The van der Waals surface area contributed by atoms with Gasteiger partial charge in [0.1, 0.15) is 5.92 Å². The minimum Gasteiger partial charge on any atom is -0.481 e. The quantitative estimate of drug-likeness (QED) is 0.799. The van der Waals surface area contributed by atoms with Gasteiger partial charge in [0.15, 0.2) is 5.78 Å². The van der Waals surface area contributed by atoms with E-state index < -0.39 is 11.9 Å². The molecule has 2 heterocycles. The molecule has 1 unspecified atom stereocenters. The minimum absolute atomic E-state index is 0.126. The number of carboxylic acid groups (broad SMARTS) is 1. The number of hydrogen-bond donors (Lipinski definition) is 1. The van der Waals surface area contributed by atoms with E-state index in [-0.39, 0.29) is 5.78 Å². The van der Waals surface area contributed by atoms with Crippen molar-refractivity contribution in [1.29, 1.82) is 0 Å². The molecule has 0 saturated carbocycles. The third-order valence-electron chi connectivity index (χ3n) is 5.20. The van der Waals surface area contributed by atoms with Gasteiger partial charge in [-0.25, -0.2) is 0 Å². The lowest BCUT2D eigenvalue weighted by atomic mass is 9.76. The highest BCUT2D eigenvalue weighted by Crippen LogP contribution is 2.41. The Morgan fingerprint density at radius 3 is 2.67 bits per heavy atom. The molecule has 1 atom stereocenters. The summed E-state index contributed by atoms with van der Waals surface area (Å²) in [6.45, 7) is 2.23. The first-order valence-electron chi connectivity index (χ1n) is 7.82. The van der Waals surface area contributed by atoms with Crippen LogP contribution in [0, 0.1) is 5.92 Å². The van der Waals surface area contributed by atoms with Crippen molar-refractivity contribution in [2.75, 3.05) is 18.0 Å². The van der Waals surface area contributed by atoms with Gasteiger partial charge in [-0.05, 0) is 54.4 Å². The summed E-state index contributed by atoms with van der Waals surface area (Å²) >= 11 is 0. The van der Waals surface area contributed by atoms with Gasteiger partial charge in [0.2, 0.25) is 0 Å². The molecular weight excluding hydrogens is 266 g/mol. The van der Waals surface area contributed by atoms with Gasteiger partial charge < -0.3 is 10.0 Å². The Morgan fingerprint density at radius 2 is 1.90 bits per heavy atom. The first-order chi connectivity index (χ1) is 10.1. The zero-order chi connectivity index (χ0) is 14.6. The van der Waals surface area contributed by atoms with E-state index in [1.54, 1.807) is 0 Å². The summed E-state index contributed by atoms with van der Waals surface area (Å²) in [6.07, 6.45) is 5.11. The fourth-order valence-electron chi connectivity index (χ4n) is 4.25. The lowest BCUT2D eigenvalue weighted by molar-refractivity contribution is -0.146. The van der Waals surface area contributed by atoms with Crippen LogP contribution in [0.5, 0.6) is 0 Å². The lowest BCUT2D eigenvalue weighted by Gasteiger charge is -2.39. The molecule has 2 aliphatic heterocycles. The predicted octanol–water partition coefficient (Wildman–Crippen LogP) is 1.75. The summed E-state index contributed by atoms with van der Waals surface area (Å²) in [5.41, 5.74) is 6.33. The number of aryl methyl sites for hydroxylation is 1. The molecule has 1 N–H and O–H groups in total. The van der Waals surface area contributed by atoms with Crippen LogP contribution < -0.4 is 4.90 Å². The van der Waals surface area contributed by atoms with Crippen LogP contribution >= 0.6 is 0 Å². The first-order valence-corrected chi connectivity index (χ1v) is 7.82. The van der Waals surface area contributed by atoms with Crippen molar-refractivity contribution in [1.82, 2.24) is 0 Å². The van der Waals surface area contributed by atoms with Crippen LogP contribution in [0.2, 0.25) is 0 Å². The molecule has 4 nitrogen and oxygen atoms in total. The molecule has 21 heavy (non-hydrogen) atoms. The maximum atomic E-state index is 12.1. The third kappa shape index (κ3) is 1.88. The van der Waals surface area contributed by atoms with E-state index >= 15 is 0 Å². The van der Waals surface area contributed by atoms with Gasteiger partial charge in [-0.15, -0.1) is 0 Å². The Kier molecular flexibility index (Phi) is 2.81. The molecule has 0 amide bonds. The lowest BCUT2D eigenvalue weighted by Crippen LogP contribution is -2.38. The number of Topliss-reactive ketones (excluding diaryl/α,β-unsaturated/α-hetero) is 1. The number of nitrogens with zero attached hydrogens (tertiary/aromatic N) is 1. The molecule has 0 spiro atoms. The minimum atomic E-state index is -0.973. The van der Waals surface area contributed by atoms with Gasteiger partial charge in [0.05, 0.1) is 0 Å². The third-order valence-corrected chi connectivity index (χ3v) is 5.20. The number of rotatable bonds is 1. The fourth-order valence-corrected chi connectivity index (χ4v) is 4.25. The molecule has 0 bridgehead atoms. The fraction of sp³-hybridized carbons (Fsp3) is 0.529. The van der Waals surface area contributed by atoms with E-state index in [9.17, 15) is 14.7 Å². The highest BCUT2D eigenvalue weighted by Gasteiger charge is 2.36. The highest BCUT2D eigenvalue weighted by molar-refractivity contribution is 6.01. The van der Waals surface area contributed by atoms with Gasteiger partial charge in [0.25, 0.3) is 0 Å². The Bertz CT molecular complexity index is 648. The number of ketones is 1. The summed E-state index contributed by atoms with van der Waals surface area (Å²) in [5, 5.41) is 9.22. The van der Waals surface area contributed by atoms with Gasteiger partial charge in [-0.2, -0.15) is 0 Å². The van der Waals surface area contributed by atoms with Gasteiger partial charge in [0, 0.05) is 25.2 Å². The second-order valence-corrected chi connectivity index (χ2v) is 6.43. The molecule has 1 aromatic carbocycles. The summed E-state index contributed by atoms with van der Waals surface area (Å²) in [7, 11) is 0. The van der Waals surface area contributed by atoms with E-state index in [1.807, 2.05) is 0 Å². The number of carbonyl (C=O) groups is 2. The number of anilines is 1. The van der Waals surface area contributed by atoms with Crippen molar-refractivity contribution in [2.24, 2.45) is 5.92 Å². The molecule has 1 aliphatic carbocycles. The monoisotopic (exact) mass is 285 g/mol. The number of hydrogen-bond acceptors (Lipinski definition) is 3. The Balaban J connectivity index is 1.86. The highest BCUT2D eigenvalue weighted by atomic mass is 16.4. The van der Waals surface area contributed by atoms with Gasteiger partial charge in [-0.1, -0.05) is 6.07 Å². The van der Waals surface area contributed by atoms with E-state index in [0.717, 1.165) is 43.5 Å². The normalized spacial score (nSPS) is 23.5. The topological polar surface area (TPSA) is 57.6 Å². The van der Waals surface area contributed by atoms with Crippen molar-refractivity contribution in [3.05, 3.63) is 28.3 Å². The molecular formula is C17H19NO3. The molecule has 0 saturated heterocycles. The largest absolute Gasteiger partial charge is 0.481 e. The number of carbonyl (C=O) groups excluding carboxylic acids is 1. The molecule has 0 radical (unpaired) electrons. The smallest absolute Gasteiger partial charge is 0.314 e. The van der Waals surface area contributed by atoms with Crippen LogP contribution in [0.25, 0.3) is 0 Å². The van der Waals surface area contributed by atoms with Crippen LogP contribution in [0.4, 0.5) is 5.69 Å². The first kappa shape index (κ1) is 12.9. The van der Waals surface area contributed by atoms with Crippen molar-refractivity contribution in [3.63, 3.8) is 0 Å². The van der Waals surface area contributed by atoms with E-state index in [2.05, 4.69) is 11.0 Å². The zero-order valence-corrected chi connectivity index (χ0v) is 12.0. The summed E-state index contributed by atoms with van der Waals surface area (Å²) < 4.78 is 0. The Hall–Kier alpha value is -1.84. The van der Waals surface area contributed by atoms with E-state index in [4.69, 9.17) is 0 Å². The summed E-state index contributed by atoms with van der Waals surface area (Å²) in [5.74, 6) is -1.94. The van der Waals surface area contributed by atoms with E-state index in [1.165, 1.54) is 23.2 Å². The predicted molar refractivity (Wildman–Crippen MR) is 78.8 cm³/mol. The number of fused-ring (bicyclic) bond motifs is 2. The maximum absolute atomic E-state index is 12.1. The maximum Gasteiger partial charge on any atom is 0.314 e. The van der Waals surface area contributed by atoms with E-state index in [0.29, 0.717) is 12.8 Å². The van der Waals surface area contributed by atoms with Crippen LogP contribution in [0.3, 0.4) is 0 Å². The second kappa shape index (κ2) is 4.58. The van der Waals surface area contributed by atoms with Crippen LogP contribution in [-0.4, -0.2) is 29.9 Å². The van der Waals surface area contributed by atoms with Crippen molar-refractivity contribution >= 4 is 17.4 Å². The number of carboxylic acids is 1. The SMILES string of the molecule is O=C(O)C1Cc2cc3c4c(c2CC1=O)CCCN4CCC3. The zero-order valence-electron chi connectivity index (χ0n) is 12.0. The standard InChI is InChI=1S/C17H19NO3/c19-15-9-13-11(8-14(15)17(20)21)7-10-3-1-5-18-6-2-4-12(13)16(10)18/h7,14H,1-6,8-9H2,(H,20,21). The van der Waals surface area contributed by atoms with Gasteiger partial charge >= 0.3 is 5.97 Å². The average Bonchev–Trinajstić information content (AvgIpc) is 2.48. The Labute approximate surface area is 123 Å². The summed E-state index contributed by atoms with van der Waals surface area (Å²) in [6, 6.07) is 2.19. The molecule has 4 heteroatoms. The summed E-state index contributed by atoms with van der Waals surface area (Å²) in [4.78, 5) is 25.9.